The fourth-order valence-corrected chi connectivity index (χ4v) is 8.36. The summed E-state index contributed by atoms with van der Waals surface area (Å²) in [6.07, 6.45) is 22.1. The van der Waals surface area contributed by atoms with Crippen molar-refractivity contribution >= 4 is 31.0 Å². The van der Waals surface area contributed by atoms with Crippen LogP contribution in [-0.2, 0) is 20.2 Å². The molecule has 52 heavy (non-hydrogen) atoms. The second-order valence-corrected chi connectivity index (χ2v) is 17.5. The lowest BCUT2D eigenvalue weighted by atomic mass is 10.1. The smallest absolute Gasteiger partial charge is 0.125 e. The summed E-state index contributed by atoms with van der Waals surface area (Å²) in [5, 5.41) is -0.158. The van der Waals surface area contributed by atoms with Crippen LogP contribution in [0.25, 0.3) is 10.8 Å². The van der Waals surface area contributed by atoms with Crippen molar-refractivity contribution in [3.05, 3.63) is 36.4 Å². The van der Waals surface area contributed by atoms with Gasteiger partial charge in [-0.05, 0) is 63.5 Å². The Morgan fingerprint density at radius 1 is 0.385 bits per heavy atom. The van der Waals surface area contributed by atoms with E-state index in [1.165, 1.54) is 188 Å². The zero-order chi connectivity index (χ0) is 39.5. The summed E-state index contributed by atoms with van der Waals surface area (Å²) in [5.41, 5.74) is 0. The van der Waals surface area contributed by atoms with Gasteiger partial charge in [-0.25, -0.2) is 16.8 Å². The van der Waals surface area contributed by atoms with E-state index in [2.05, 4.69) is 55.4 Å². The Balaban J connectivity index is 0.000000751. The molecule has 0 saturated heterocycles. The molecule has 0 fully saturated rings. The predicted molar refractivity (Wildman–Crippen MR) is 219 cm³/mol. The third kappa shape index (κ3) is 19.7. The number of hydrogen-bond acceptors (Lipinski definition) is 6. The summed E-state index contributed by atoms with van der Waals surface area (Å²) >= 11 is 0. The van der Waals surface area contributed by atoms with E-state index >= 15 is 0 Å². The van der Waals surface area contributed by atoms with E-state index in [9.17, 15) is 25.9 Å². The fourth-order valence-electron chi connectivity index (χ4n) is 6.98. The predicted octanol–water partition coefficient (Wildman–Crippen LogP) is 10.7. The number of quaternary nitrogens is 2. The van der Waals surface area contributed by atoms with E-state index in [0.717, 1.165) is 12.1 Å². The molecule has 0 bridgehead atoms. The maximum absolute atomic E-state index is 11.0. The van der Waals surface area contributed by atoms with E-state index in [4.69, 9.17) is 0 Å². The van der Waals surface area contributed by atoms with Crippen molar-refractivity contribution in [1.82, 2.24) is 0 Å². The van der Waals surface area contributed by atoms with E-state index in [1.54, 1.807) is 0 Å². The third-order valence-electron chi connectivity index (χ3n) is 10.3. The summed E-state index contributed by atoms with van der Waals surface area (Å²) in [6.45, 7) is 30.0. The molecule has 10 heteroatoms. The molecule has 304 valence electrons. The van der Waals surface area contributed by atoms with Crippen LogP contribution in [0.15, 0.2) is 46.2 Å². The van der Waals surface area contributed by atoms with Gasteiger partial charge in [0, 0.05) is 10.8 Å². The summed E-state index contributed by atoms with van der Waals surface area (Å²) in [7, 11) is -9.48. The van der Waals surface area contributed by atoms with Gasteiger partial charge in [0.25, 0.3) is 0 Å². The molecule has 0 heterocycles. The SMILES string of the molecule is CCCC[N+](CCCC)(CCCC)CCCC.CCCC[N+](CCCC)(CCCC)CCCC.O=S(=O)([O-])c1cccc2c(S(=O)(=O)[O-])cccc12. The van der Waals surface area contributed by atoms with E-state index in [0.29, 0.717) is 0 Å². The molecule has 0 aliphatic rings. The lowest BCUT2D eigenvalue weighted by molar-refractivity contribution is -0.929. The molecule has 0 saturated carbocycles. The maximum Gasteiger partial charge on any atom is 0.125 e. The molecule has 2 aromatic carbocycles. The van der Waals surface area contributed by atoms with Gasteiger partial charge in [-0.2, -0.15) is 0 Å². The Bertz CT molecular complexity index is 1230. The first-order chi connectivity index (χ1) is 24.7. The monoisotopic (exact) mass is 771 g/mol. The minimum atomic E-state index is -4.74. The lowest BCUT2D eigenvalue weighted by Gasteiger charge is -2.39. The number of fused-ring (bicyclic) bond motifs is 1. The van der Waals surface area contributed by atoms with E-state index in [-0.39, 0.29) is 10.8 Å². The van der Waals surface area contributed by atoms with Crippen LogP contribution in [0, 0.1) is 0 Å². The van der Waals surface area contributed by atoms with Gasteiger partial charge >= 0.3 is 0 Å². The first-order valence-corrected chi connectivity index (χ1v) is 23.6. The average Bonchev–Trinajstić information content (AvgIpc) is 3.13. The molecule has 0 aromatic heterocycles. The third-order valence-corrected chi connectivity index (χ3v) is 12.1. The van der Waals surface area contributed by atoms with Crippen LogP contribution in [0.5, 0.6) is 0 Å². The summed E-state index contributed by atoms with van der Waals surface area (Å²) in [6, 6.07) is 7.09. The quantitative estimate of drug-likeness (QED) is 0.0695. The molecule has 0 N–H and O–H groups in total. The van der Waals surface area contributed by atoms with Gasteiger partial charge in [-0.3, -0.25) is 0 Å². The van der Waals surface area contributed by atoms with Gasteiger partial charge in [-0.15, -0.1) is 0 Å². The maximum atomic E-state index is 11.0. The van der Waals surface area contributed by atoms with Crippen molar-refractivity contribution in [2.75, 3.05) is 52.4 Å². The van der Waals surface area contributed by atoms with E-state index < -0.39 is 30.0 Å². The van der Waals surface area contributed by atoms with Crippen LogP contribution in [-0.4, -0.2) is 87.3 Å². The van der Waals surface area contributed by atoms with Crippen molar-refractivity contribution in [2.24, 2.45) is 0 Å². The normalized spacial score (nSPS) is 12.3. The van der Waals surface area contributed by atoms with Gasteiger partial charge in [0.15, 0.2) is 0 Å². The van der Waals surface area contributed by atoms with Gasteiger partial charge in [-0.1, -0.05) is 131 Å². The first kappa shape index (κ1) is 50.4. The van der Waals surface area contributed by atoms with Crippen LogP contribution in [0.2, 0.25) is 0 Å². The molecule has 0 aliphatic carbocycles. The van der Waals surface area contributed by atoms with Gasteiger partial charge in [0.2, 0.25) is 0 Å². The minimum absolute atomic E-state index is 0.0792. The summed E-state index contributed by atoms with van der Waals surface area (Å²) in [4.78, 5) is -1.10. The summed E-state index contributed by atoms with van der Waals surface area (Å²) < 4.78 is 69.0. The highest BCUT2D eigenvalue weighted by atomic mass is 32.2. The van der Waals surface area contributed by atoms with Crippen LogP contribution >= 0.6 is 0 Å². The second-order valence-electron chi connectivity index (χ2n) is 14.8. The number of nitrogens with zero attached hydrogens (tertiary/aromatic N) is 2. The molecule has 2 rings (SSSR count). The van der Waals surface area contributed by atoms with Crippen molar-refractivity contribution in [3.8, 4) is 0 Å². The highest BCUT2D eigenvalue weighted by molar-refractivity contribution is 7.86. The fraction of sp³-hybridized carbons (Fsp3) is 0.762. The van der Waals surface area contributed by atoms with Gasteiger partial charge < -0.3 is 18.1 Å². The van der Waals surface area contributed by atoms with Crippen molar-refractivity contribution in [3.63, 3.8) is 0 Å². The Hall–Kier alpha value is -1.56. The summed E-state index contributed by atoms with van der Waals surface area (Å²) in [5.74, 6) is 0. The van der Waals surface area contributed by atoms with Crippen LogP contribution in [0.4, 0.5) is 0 Å². The first-order valence-electron chi connectivity index (χ1n) is 20.8. The zero-order valence-electron chi connectivity index (χ0n) is 34.6. The Labute approximate surface area is 321 Å². The molecule has 2 aromatic rings. The Kier molecular flexibility index (Phi) is 27.1. The van der Waals surface area contributed by atoms with Gasteiger partial charge in [0.05, 0.1) is 62.1 Å². The molecule has 0 atom stereocenters. The molecule has 0 unspecified atom stereocenters. The molecular weight excluding hydrogens is 693 g/mol. The molecular formula is C42H78N2O6S2. The van der Waals surface area contributed by atoms with Crippen molar-refractivity contribution < 1.29 is 34.9 Å². The number of unbranched alkanes of at least 4 members (excludes halogenated alkanes) is 8. The molecule has 0 amide bonds. The van der Waals surface area contributed by atoms with Crippen LogP contribution in [0.3, 0.4) is 0 Å². The highest BCUT2D eigenvalue weighted by Gasteiger charge is 2.26. The molecule has 0 spiro atoms. The van der Waals surface area contributed by atoms with Crippen LogP contribution in [0.1, 0.15) is 158 Å². The topological polar surface area (TPSA) is 114 Å². The number of rotatable bonds is 26. The standard InChI is InChI=1S/2C16H36N.C10H8O6S2/c2*1-5-9-13-17(14-10-6-2,15-11-7-3)16-12-8-4;11-17(12,13)9-5-1-3-7-8(9)4-2-6-10(7)18(14,15)16/h2*5-16H2,1-4H3;1-6H,(H,11,12,13)(H,14,15,16)/q2*+1;/p-2. The van der Waals surface area contributed by atoms with Crippen molar-refractivity contribution in [1.29, 1.82) is 0 Å². The highest BCUT2D eigenvalue weighted by Crippen LogP contribution is 2.28. The lowest BCUT2D eigenvalue weighted by Crippen LogP contribution is -2.50. The molecule has 8 nitrogen and oxygen atoms in total. The largest absolute Gasteiger partial charge is 0.744 e. The van der Waals surface area contributed by atoms with Crippen LogP contribution < -0.4 is 0 Å². The minimum Gasteiger partial charge on any atom is -0.744 e. The van der Waals surface area contributed by atoms with Crippen molar-refractivity contribution in [2.45, 2.75) is 168 Å². The zero-order valence-corrected chi connectivity index (χ0v) is 36.2. The number of benzene rings is 2. The van der Waals surface area contributed by atoms with E-state index in [1.807, 2.05) is 0 Å². The molecule has 0 radical (unpaired) electrons. The number of hydrogen-bond donors (Lipinski definition) is 0. The van der Waals surface area contributed by atoms with Gasteiger partial charge in [0.1, 0.15) is 20.2 Å². The average molecular weight is 771 g/mol. The Morgan fingerprint density at radius 2 is 0.577 bits per heavy atom. The Morgan fingerprint density at radius 3 is 0.731 bits per heavy atom. The second kappa shape index (κ2) is 27.9. The molecule has 0 aliphatic heterocycles.